The van der Waals surface area contributed by atoms with Gasteiger partial charge in [0.2, 0.25) is 12.3 Å². The quantitative estimate of drug-likeness (QED) is 0.369. The number of anilines is 1. The number of rotatable bonds is 7. The average Bonchev–Trinajstić information content (AvgIpc) is 3.26. The molecule has 0 aliphatic carbocycles. The van der Waals surface area contributed by atoms with Gasteiger partial charge in [0.15, 0.2) is 0 Å². The van der Waals surface area contributed by atoms with Gasteiger partial charge in [-0.3, -0.25) is 13.9 Å². The van der Waals surface area contributed by atoms with Crippen molar-refractivity contribution in [2.75, 3.05) is 31.2 Å². The van der Waals surface area contributed by atoms with Gasteiger partial charge in [-0.1, -0.05) is 53.3 Å². The zero-order valence-corrected chi connectivity index (χ0v) is 21.0. The molecule has 0 radical (unpaired) electrons. The van der Waals surface area contributed by atoms with Crippen molar-refractivity contribution in [3.8, 4) is 0 Å². The molecule has 34 heavy (non-hydrogen) atoms. The minimum absolute atomic E-state index is 0.00842. The summed E-state index contributed by atoms with van der Waals surface area (Å²) in [5.74, 6) is -1.51. The molecule has 2 aliphatic rings. The molecule has 2 amide bonds. The highest BCUT2D eigenvalue weighted by atomic mass is 35.5. The zero-order valence-electron chi connectivity index (χ0n) is 18.7. The Balaban J connectivity index is 1.66. The fourth-order valence-corrected chi connectivity index (χ4v) is 5.92. The van der Waals surface area contributed by atoms with Gasteiger partial charge in [0.05, 0.1) is 11.1 Å². The van der Waals surface area contributed by atoms with E-state index in [9.17, 15) is 9.59 Å². The van der Waals surface area contributed by atoms with Crippen LogP contribution < -0.4 is 16.0 Å². The number of benzene rings is 2. The summed E-state index contributed by atoms with van der Waals surface area (Å²) < 4.78 is 17.5. The monoisotopic (exact) mass is 524 g/mol. The van der Waals surface area contributed by atoms with Crippen molar-refractivity contribution >= 4 is 53.2 Å². The van der Waals surface area contributed by atoms with Crippen LogP contribution in [0, 0.1) is 5.82 Å². The summed E-state index contributed by atoms with van der Waals surface area (Å²) in [6, 6.07) is 9.47. The summed E-state index contributed by atoms with van der Waals surface area (Å²) in [6.07, 6.45) is 4.36. The molecule has 6 nitrogen and oxygen atoms in total. The molecule has 0 saturated carbocycles. The summed E-state index contributed by atoms with van der Waals surface area (Å²) in [6.45, 7) is 2.24. The Kier molecular flexibility index (Phi) is 8.37. The lowest BCUT2D eigenvalue weighted by atomic mass is 9.79. The van der Waals surface area contributed by atoms with E-state index in [4.69, 9.17) is 23.2 Å². The van der Waals surface area contributed by atoms with Gasteiger partial charge in [0.1, 0.15) is 5.82 Å². The van der Waals surface area contributed by atoms with Crippen LogP contribution in [0.3, 0.4) is 0 Å². The van der Waals surface area contributed by atoms with E-state index in [2.05, 4.69) is 26.5 Å². The van der Waals surface area contributed by atoms with Crippen LogP contribution in [0.5, 0.6) is 0 Å². The number of halogens is 3. The van der Waals surface area contributed by atoms with Gasteiger partial charge in [-0.2, -0.15) is 0 Å². The third-order valence-electron chi connectivity index (χ3n) is 6.66. The molecule has 0 bridgehead atoms. The maximum Gasteiger partial charge on any atom is 0.238 e. The summed E-state index contributed by atoms with van der Waals surface area (Å²) >= 11 is 14.0. The Bertz CT molecular complexity index is 1050. The first-order valence-corrected chi connectivity index (χ1v) is 13.1. The molecule has 2 heterocycles. The first kappa shape index (κ1) is 25.3. The maximum absolute atomic E-state index is 15.2. The van der Waals surface area contributed by atoms with Crippen molar-refractivity contribution in [2.45, 2.75) is 36.8 Å². The third-order valence-corrected chi connectivity index (χ3v) is 8.07. The Hall–Kier alpha value is -1.84. The van der Waals surface area contributed by atoms with Crippen LogP contribution in [0.2, 0.25) is 10.0 Å². The van der Waals surface area contributed by atoms with Crippen LogP contribution in [0.1, 0.15) is 35.8 Å². The number of amides is 2. The van der Waals surface area contributed by atoms with E-state index in [0.717, 1.165) is 31.5 Å². The average molecular weight is 525 g/mol. The third kappa shape index (κ3) is 5.36. The van der Waals surface area contributed by atoms with Crippen molar-refractivity contribution in [1.29, 1.82) is 0 Å². The lowest BCUT2D eigenvalue weighted by molar-refractivity contribution is -0.124. The van der Waals surface area contributed by atoms with Crippen molar-refractivity contribution in [3.63, 3.8) is 0 Å². The molecule has 2 unspecified atom stereocenters. The molecular formula is C24H27Cl2FN4O2S. The molecule has 3 N–H and O–H groups in total. The van der Waals surface area contributed by atoms with E-state index < -0.39 is 17.8 Å². The molecule has 0 spiro atoms. The lowest BCUT2D eigenvalue weighted by Crippen LogP contribution is -2.50. The molecule has 10 heteroatoms. The lowest BCUT2D eigenvalue weighted by Gasteiger charge is -2.32. The first-order valence-electron chi connectivity index (χ1n) is 11.2. The van der Waals surface area contributed by atoms with Crippen LogP contribution in [0.25, 0.3) is 0 Å². The molecular weight excluding hydrogens is 498 g/mol. The van der Waals surface area contributed by atoms with E-state index in [0.29, 0.717) is 29.2 Å². The molecule has 2 aromatic rings. The smallest absolute Gasteiger partial charge is 0.238 e. The standard InChI is InChI=1S/C24H27Cl2FN4O2S/c1-34-31-9-7-15(8-10-31)30-24(33)23-21(17-3-2-4-19(26)22(17)27)18(12-28-23)16-6-5-14(25)11-20(16)29-13-32/h2-6,11,13,15,18,21,23,28H,7-10,12H2,1H3,(H,29,32)(H,30,33)/t18?,21?,23-/m1/s1. The predicted octanol–water partition coefficient (Wildman–Crippen LogP) is 4.40. The molecule has 2 fully saturated rings. The fraction of sp³-hybridized carbons (Fsp3) is 0.417. The van der Waals surface area contributed by atoms with Gasteiger partial charge in [-0.15, -0.1) is 0 Å². The van der Waals surface area contributed by atoms with Crippen molar-refractivity contribution in [1.82, 2.24) is 14.9 Å². The minimum atomic E-state index is -0.656. The zero-order chi connectivity index (χ0) is 24.2. The van der Waals surface area contributed by atoms with Crippen molar-refractivity contribution < 1.29 is 14.0 Å². The Morgan fingerprint density at radius 3 is 2.68 bits per heavy atom. The van der Waals surface area contributed by atoms with Crippen LogP contribution in [0.15, 0.2) is 36.4 Å². The van der Waals surface area contributed by atoms with Crippen molar-refractivity contribution in [3.05, 3.63) is 63.4 Å². The molecule has 0 aromatic heterocycles. The molecule has 2 aliphatic heterocycles. The number of carbonyl (C=O) groups is 2. The fourth-order valence-electron chi connectivity index (χ4n) is 4.99. The van der Waals surface area contributed by atoms with Crippen LogP contribution in [-0.2, 0) is 9.59 Å². The van der Waals surface area contributed by atoms with Crippen LogP contribution >= 0.6 is 35.1 Å². The second-order valence-electron chi connectivity index (χ2n) is 8.55. The van der Waals surface area contributed by atoms with Crippen molar-refractivity contribution in [2.24, 2.45) is 0 Å². The molecule has 4 rings (SSSR count). The van der Waals surface area contributed by atoms with E-state index >= 15 is 4.39 Å². The number of carbonyl (C=O) groups excluding carboxylic acids is 2. The summed E-state index contributed by atoms with van der Waals surface area (Å²) in [4.78, 5) is 24.7. The number of hydrogen-bond donors (Lipinski definition) is 3. The summed E-state index contributed by atoms with van der Waals surface area (Å²) in [5.41, 5.74) is 1.68. The summed E-state index contributed by atoms with van der Waals surface area (Å²) in [7, 11) is 0. The van der Waals surface area contributed by atoms with Gasteiger partial charge in [0, 0.05) is 48.2 Å². The molecule has 3 atom stereocenters. The van der Waals surface area contributed by atoms with Gasteiger partial charge < -0.3 is 16.0 Å². The predicted molar refractivity (Wildman–Crippen MR) is 136 cm³/mol. The molecule has 2 aromatic carbocycles. The Labute approximate surface area is 213 Å². The maximum atomic E-state index is 15.2. The first-order chi connectivity index (χ1) is 16.4. The highest BCUT2D eigenvalue weighted by Gasteiger charge is 2.44. The van der Waals surface area contributed by atoms with E-state index in [1.165, 1.54) is 6.07 Å². The second kappa shape index (κ2) is 11.3. The Morgan fingerprint density at radius 2 is 1.97 bits per heavy atom. The summed E-state index contributed by atoms with van der Waals surface area (Å²) in [5, 5.41) is 9.65. The van der Waals surface area contributed by atoms with E-state index in [-0.39, 0.29) is 22.9 Å². The second-order valence-corrected chi connectivity index (χ2v) is 10.3. The largest absolute Gasteiger partial charge is 0.352 e. The molecule has 182 valence electrons. The van der Waals surface area contributed by atoms with E-state index in [1.807, 2.05) is 6.07 Å². The normalized spacial score (nSPS) is 23.6. The van der Waals surface area contributed by atoms with Gasteiger partial charge in [-0.05, 0) is 48.4 Å². The van der Waals surface area contributed by atoms with Gasteiger partial charge >= 0.3 is 0 Å². The van der Waals surface area contributed by atoms with Gasteiger partial charge in [0.25, 0.3) is 0 Å². The van der Waals surface area contributed by atoms with E-state index in [1.54, 1.807) is 36.2 Å². The molecule has 2 saturated heterocycles. The number of nitrogens with one attached hydrogen (secondary N) is 3. The van der Waals surface area contributed by atoms with Crippen LogP contribution in [-0.4, -0.2) is 54.6 Å². The van der Waals surface area contributed by atoms with Gasteiger partial charge in [-0.25, -0.2) is 4.39 Å². The van der Waals surface area contributed by atoms with Crippen LogP contribution in [0.4, 0.5) is 10.1 Å². The highest BCUT2D eigenvalue weighted by molar-refractivity contribution is 7.96. The number of nitrogens with zero attached hydrogens (tertiary/aromatic N) is 1. The highest BCUT2D eigenvalue weighted by Crippen LogP contribution is 2.44. The SMILES string of the molecule is CSN1CCC(NC(=O)[C@@H]2NCC(c3ccc(Cl)cc3NC=O)C2c2cccc(Cl)c2F)CC1. The topological polar surface area (TPSA) is 73.5 Å². The number of hydrogen-bond acceptors (Lipinski definition) is 5. The number of piperidine rings is 1. The minimum Gasteiger partial charge on any atom is -0.352 e. The Morgan fingerprint density at radius 1 is 1.21 bits per heavy atom.